The second-order valence-electron chi connectivity index (χ2n) is 10.1. The Labute approximate surface area is 208 Å². The van der Waals surface area contributed by atoms with Crippen molar-refractivity contribution >= 4 is 66.9 Å². The van der Waals surface area contributed by atoms with Gasteiger partial charge in [0.1, 0.15) is 0 Å². The first-order valence-corrected chi connectivity index (χ1v) is 12.6. The van der Waals surface area contributed by atoms with E-state index in [0.717, 1.165) is 0 Å². The standard InChI is InChI=1S/C36H20/c1-2-6-21(7-3-1)25-8-4-5-9-26(25)32-20-24-14-17-29-27-15-12-22-10-11-23-13-16-28(35(27)33(22)23)30-18-19-31(32)34(24)36(29)30/h1-20H. The van der Waals surface area contributed by atoms with E-state index in [9.17, 15) is 0 Å². The monoisotopic (exact) mass is 452 g/mol. The molecule has 0 bridgehead atoms. The molecule has 0 aliphatic heterocycles. The first-order chi connectivity index (χ1) is 17.9. The topological polar surface area (TPSA) is 0 Å². The zero-order valence-corrected chi connectivity index (χ0v) is 19.5. The van der Waals surface area contributed by atoms with Crippen LogP contribution in [0.1, 0.15) is 27.8 Å². The maximum Gasteiger partial charge on any atom is -0.00141 e. The van der Waals surface area contributed by atoms with Gasteiger partial charge in [-0.15, -0.1) is 0 Å². The first-order valence-electron chi connectivity index (χ1n) is 12.6. The van der Waals surface area contributed by atoms with Crippen LogP contribution in [0, 0.1) is 0 Å². The Morgan fingerprint density at radius 2 is 0.889 bits per heavy atom. The third-order valence-corrected chi connectivity index (χ3v) is 8.33. The maximum atomic E-state index is 2.40. The minimum Gasteiger partial charge on any atom is -0.0622 e. The molecule has 0 heterocycles. The highest BCUT2D eigenvalue weighted by Gasteiger charge is 2.24. The zero-order chi connectivity index (χ0) is 23.4. The van der Waals surface area contributed by atoms with Crippen molar-refractivity contribution in [1.29, 1.82) is 0 Å². The van der Waals surface area contributed by atoms with Crippen LogP contribution in [0.25, 0.3) is 78.0 Å². The van der Waals surface area contributed by atoms with Crippen LogP contribution in [0.5, 0.6) is 0 Å². The molecule has 0 nitrogen and oxygen atoms in total. The molecule has 2 aliphatic rings. The summed E-state index contributed by atoms with van der Waals surface area (Å²) in [5.41, 5.74) is 10.5. The van der Waals surface area contributed by atoms with Crippen LogP contribution in [0.4, 0.5) is 0 Å². The average Bonchev–Trinajstić information content (AvgIpc) is 3.54. The summed E-state index contributed by atoms with van der Waals surface area (Å²) < 4.78 is 0. The van der Waals surface area contributed by atoms with Gasteiger partial charge >= 0.3 is 0 Å². The summed E-state index contributed by atoms with van der Waals surface area (Å²) in [5.74, 6) is 0. The SMILES string of the molecule is C1=Cc2ccc3c4ccc5c6c(ccc(c7ccc1c2c73)c64)C=C5c1ccccc1-c1ccccc1. The van der Waals surface area contributed by atoms with Crippen molar-refractivity contribution in [3.8, 4) is 11.1 Å². The second-order valence-corrected chi connectivity index (χ2v) is 10.1. The van der Waals surface area contributed by atoms with Crippen LogP contribution < -0.4 is 0 Å². The fourth-order valence-electron chi connectivity index (χ4n) is 6.81. The lowest BCUT2D eigenvalue weighted by Crippen LogP contribution is -1.92. The molecular formula is C36H20. The smallest absolute Gasteiger partial charge is 0.00141 e. The summed E-state index contributed by atoms with van der Waals surface area (Å²) in [7, 11) is 0. The van der Waals surface area contributed by atoms with E-state index in [1.54, 1.807) is 0 Å². The molecule has 0 radical (unpaired) electrons. The van der Waals surface area contributed by atoms with E-state index < -0.39 is 0 Å². The maximum absolute atomic E-state index is 2.40. The van der Waals surface area contributed by atoms with E-state index in [0.29, 0.717) is 0 Å². The van der Waals surface area contributed by atoms with Gasteiger partial charge in [-0.1, -0.05) is 115 Å². The molecule has 7 aromatic carbocycles. The van der Waals surface area contributed by atoms with E-state index in [-0.39, 0.29) is 0 Å². The van der Waals surface area contributed by atoms with Gasteiger partial charge in [-0.05, 0) is 93.7 Å². The van der Waals surface area contributed by atoms with Gasteiger partial charge in [0.25, 0.3) is 0 Å². The highest BCUT2D eigenvalue weighted by Crippen LogP contribution is 2.50. The van der Waals surface area contributed by atoms with Gasteiger partial charge in [0.05, 0.1) is 0 Å². The lowest BCUT2D eigenvalue weighted by Gasteiger charge is -2.17. The fourth-order valence-corrected chi connectivity index (χ4v) is 6.81. The van der Waals surface area contributed by atoms with Crippen molar-refractivity contribution in [2.75, 3.05) is 0 Å². The van der Waals surface area contributed by atoms with E-state index >= 15 is 0 Å². The predicted octanol–water partition coefficient (Wildman–Crippen LogP) is 9.79. The zero-order valence-electron chi connectivity index (χ0n) is 19.5. The van der Waals surface area contributed by atoms with Crippen LogP contribution in [0.3, 0.4) is 0 Å². The number of rotatable bonds is 2. The summed E-state index contributed by atoms with van der Waals surface area (Å²) in [6, 6.07) is 38.2. The third kappa shape index (κ3) is 2.20. The number of benzene rings is 7. The average molecular weight is 453 g/mol. The highest BCUT2D eigenvalue weighted by atomic mass is 14.3. The van der Waals surface area contributed by atoms with Crippen molar-refractivity contribution < 1.29 is 0 Å². The Balaban J connectivity index is 1.38. The molecule has 0 atom stereocenters. The third-order valence-electron chi connectivity index (χ3n) is 8.33. The Hall–Kier alpha value is -4.68. The largest absolute Gasteiger partial charge is 0.0622 e. The molecular weight excluding hydrogens is 432 g/mol. The molecule has 36 heavy (non-hydrogen) atoms. The normalized spacial score (nSPS) is 13.6. The van der Waals surface area contributed by atoms with Gasteiger partial charge in [0.15, 0.2) is 0 Å². The molecule has 0 saturated carbocycles. The molecule has 7 aromatic rings. The van der Waals surface area contributed by atoms with Crippen molar-refractivity contribution in [2.24, 2.45) is 0 Å². The van der Waals surface area contributed by atoms with E-state index in [2.05, 4.69) is 121 Å². The summed E-state index contributed by atoms with van der Waals surface area (Å²) in [6.45, 7) is 0. The van der Waals surface area contributed by atoms with Gasteiger partial charge in [0.2, 0.25) is 0 Å². The number of hydrogen-bond donors (Lipinski definition) is 0. The van der Waals surface area contributed by atoms with Crippen LogP contribution >= 0.6 is 0 Å². The molecule has 9 rings (SSSR count). The summed E-state index contributed by atoms with van der Waals surface area (Å²) in [5, 5.41) is 11.1. The molecule has 0 aromatic heterocycles. The van der Waals surface area contributed by atoms with E-state index in [4.69, 9.17) is 0 Å². The highest BCUT2D eigenvalue weighted by molar-refractivity contribution is 6.37. The van der Waals surface area contributed by atoms with Crippen LogP contribution in [-0.2, 0) is 0 Å². The predicted molar refractivity (Wildman–Crippen MR) is 155 cm³/mol. The minimum atomic E-state index is 1.26. The van der Waals surface area contributed by atoms with Crippen molar-refractivity contribution in [3.63, 3.8) is 0 Å². The molecule has 2 aliphatic carbocycles. The van der Waals surface area contributed by atoms with E-state index in [1.165, 1.54) is 87.6 Å². The van der Waals surface area contributed by atoms with Crippen LogP contribution in [0.15, 0.2) is 103 Å². The van der Waals surface area contributed by atoms with Crippen molar-refractivity contribution in [1.82, 2.24) is 0 Å². The molecule has 0 N–H and O–H groups in total. The summed E-state index contributed by atoms with van der Waals surface area (Å²) in [4.78, 5) is 0. The van der Waals surface area contributed by atoms with Crippen molar-refractivity contribution in [3.05, 3.63) is 131 Å². The van der Waals surface area contributed by atoms with Crippen molar-refractivity contribution in [2.45, 2.75) is 0 Å². The molecule has 164 valence electrons. The first kappa shape index (κ1) is 18.6. The quantitative estimate of drug-likeness (QED) is 0.181. The second kappa shape index (κ2) is 6.50. The molecule has 0 amide bonds. The van der Waals surface area contributed by atoms with Crippen LogP contribution in [-0.4, -0.2) is 0 Å². The Morgan fingerprint density at radius 3 is 1.58 bits per heavy atom. The van der Waals surface area contributed by atoms with Gasteiger partial charge in [0, 0.05) is 0 Å². The Kier molecular flexibility index (Phi) is 3.36. The van der Waals surface area contributed by atoms with E-state index in [1.807, 2.05) is 0 Å². The van der Waals surface area contributed by atoms with Gasteiger partial charge in [-0.2, -0.15) is 0 Å². The molecule has 0 spiro atoms. The molecule has 0 unspecified atom stereocenters. The summed E-state index contributed by atoms with van der Waals surface area (Å²) >= 11 is 0. The molecule has 0 fully saturated rings. The van der Waals surface area contributed by atoms with Gasteiger partial charge < -0.3 is 0 Å². The number of fused-ring (bicyclic) bond motifs is 2. The lowest BCUT2D eigenvalue weighted by atomic mass is 9.85. The lowest BCUT2D eigenvalue weighted by molar-refractivity contribution is 1.56. The Morgan fingerprint density at radius 1 is 0.333 bits per heavy atom. The minimum absolute atomic E-state index is 1.26. The van der Waals surface area contributed by atoms with Gasteiger partial charge in [-0.25, -0.2) is 0 Å². The number of hydrogen-bond acceptors (Lipinski definition) is 0. The Bertz CT molecular complexity index is 2060. The molecule has 0 heteroatoms. The van der Waals surface area contributed by atoms with Crippen LogP contribution in [0.2, 0.25) is 0 Å². The molecule has 0 saturated heterocycles. The summed E-state index contributed by atoms with van der Waals surface area (Å²) in [6.07, 6.45) is 6.91. The fraction of sp³-hybridized carbons (Fsp3) is 0. The van der Waals surface area contributed by atoms with Gasteiger partial charge in [-0.3, -0.25) is 0 Å².